The summed E-state index contributed by atoms with van der Waals surface area (Å²) >= 11 is 1.54. The fourth-order valence-corrected chi connectivity index (χ4v) is 3.83. The summed E-state index contributed by atoms with van der Waals surface area (Å²) in [4.78, 5) is 10.9. The number of aliphatic hydroxyl groups is 1. The Morgan fingerprint density at radius 1 is 1.33 bits per heavy atom. The van der Waals surface area contributed by atoms with E-state index in [1.165, 1.54) is 18.2 Å². The summed E-state index contributed by atoms with van der Waals surface area (Å²) in [5.41, 5.74) is 0.443. The SMILES string of the molecule is Cc1ccc(C(=O)O)cc1S(=O)(=O)NCCSCCCO. The van der Waals surface area contributed by atoms with Gasteiger partial charge in [-0.25, -0.2) is 17.9 Å². The van der Waals surface area contributed by atoms with Crippen molar-refractivity contribution in [3.05, 3.63) is 29.3 Å². The number of aromatic carboxylic acids is 1. The number of thioether (sulfide) groups is 1. The van der Waals surface area contributed by atoms with Crippen molar-refractivity contribution in [3.8, 4) is 0 Å². The Hall–Kier alpha value is -1.09. The number of hydrogen-bond acceptors (Lipinski definition) is 5. The molecule has 0 atom stereocenters. The van der Waals surface area contributed by atoms with Gasteiger partial charge < -0.3 is 10.2 Å². The maximum atomic E-state index is 12.2. The van der Waals surface area contributed by atoms with Gasteiger partial charge >= 0.3 is 5.97 Å². The van der Waals surface area contributed by atoms with E-state index in [0.717, 1.165) is 5.75 Å². The Bertz CT molecular complexity index is 586. The van der Waals surface area contributed by atoms with E-state index in [-0.39, 0.29) is 23.6 Å². The van der Waals surface area contributed by atoms with Gasteiger partial charge in [-0.1, -0.05) is 6.07 Å². The Balaban J connectivity index is 2.70. The van der Waals surface area contributed by atoms with Crippen molar-refractivity contribution in [2.75, 3.05) is 24.7 Å². The normalized spacial score (nSPS) is 11.5. The van der Waals surface area contributed by atoms with Crippen LogP contribution in [-0.4, -0.2) is 49.3 Å². The van der Waals surface area contributed by atoms with E-state index in [0.29, 0.717) is 17.7 Å². The Kier molecular flexibility index (Phi) is 7.16. The molecule has 118 valence electrons. The number of hydrogen-bond donors (Lipinski definition) is 3. The number of sulfonamides is 1. The van der Waals surface area contributed by atoms with E-state index in [2.05, 4.69) is 4.72 Å². The van der Waals surface area contributed by atoms with Crippen LogP contribution < -0.4 is 4.72 Å². The third-order valence-corrected chi connectivity index (χ3v) is 5.38. The van der Waals surface area contributed by atoms with Crippen LogP contribution in [0.1, 0.15) is 22.3 Å². The van der Waals surface area contributed by atoms with Gasteiger partial charge in [0, 0.05) is 18.9 Å². The summed E-state index contributed by atoms with van der Waals surface area (Å²) < 4.78 is 26.8. The number of carboxylic acid groups (broad SMARTS) is 1. The van der Waals surface area contributed by atoms with Crippen molar-refractivity contribution in [2.24, 2.45) is 0 Å². The molecule has 1 aromatic rings. The van der Waals surface area contributed by atoms with Crippen LogP contribution >= 0.6 is 11.8 Å². The monoisotopic (exact) mass is 333 g/mol. The van der Waals surface area contributed by atoms with Gasteiger partial charge in [0.05, 0.1) is 10.5 Å². The second-order valence-corrected chi connectivity index (χ2v) is 7.33. The molecule has 0 aromatic heterocycles. The van der Waals surface area contributed by atoms with Crippen LogP contribution in [0.2, 0.25) is 0 Å². The zero-order valence-corrected chi connectivity index (χ0v) is 13.3. The number of benzene rings is 1. The first-order valence-electron chi connectivity index (χ1n) is 6.40. The van der Waals surface area contributed by atoms with Crippen molar-refractivity contribution in [3.63, 3.8) is 0 Å². The van der Waals surface area contributed by atoms with E-state index in [1.54, 1.807) is 18.7 Å². The average Bonchev–Trinajstić information content (AvgIpc) is 2.42. The minimum atomic E-state index is -3.72. The second-order valence-electron chi connectivity index (χ2n) is 4.37. The van der Waals surface area contributed by atoms with Gasteiger partial charge in [-0.05, 0) is 36.8 Å². The molecule has 0 aliphatic carbocycles. The van der Waals surface area contributed by atoms with E-state index >= 15 is 0 Å². The van der Waals surface area contributed by atoms with Crippen LogP contribution in [-0.2, 0) is 10.0 Å². The number of aliphatic hydroxyl groups excluding tert-OH is 1. The highest BCUT2D eigenvalue weighted by Crippen LogP contribution is 2.17. The summed E-state index contributed by atoms with van der Waals surface area (Å²) in [6.45, 7) is 2.01. The first kappa shape index (κ1) is 18.0. The zero-order valence-electron chi connectivity index (χ0n) is 11.7. The van der Waals surface area contributed by atoms with Crippen LogP contribution in [0.3, 0.4) is 0 Å². The Labute approximate surface area is 128 Å². The lowest BCUT2D eigenvalue weighted by molar-refractivity contribution is 0.0696. The molecule has 1 aromatic carbocycles. The minimum absolute atomic E-state index is 0.0113. The molecule has 6 nitrogen and oxygen atoms in total. The molecule has 0 aliphatic rings. The van der Waals surface area contributed by atoms with Gasteiger partial charge in [-0.15, -0.1) is 0 Å². The van der Waals surface area contributed by atoms with E-state index in [9.17, 15) is 13.2 Å². The van der Waals surface area contributed by atoms with Crippen LogP contribution in [0.4, 0.5) is 0 Å². The van der Waals surface area contributed by atoms with Crippen molar-refractivity contribution in [1.82, 2.24) is 4.72 Å². The van der Waals surface area contributed by atoms with Crippen molar-refractivity contribution in [2.45, 2.75) is 18.2 Å². The first-order valence-corrected chi connectivity index (χ1v) is 9.04. The average molecular weight is 333 g/mol. The highest BCUT2D eigenvalue weighted by molar-refractivity contribution is 7.99. The molecule has 0 bridgehead atoms. The highest BCUT2D eigenvalue weighted by atomic mass is 32.2. The second kappa shape index (κ2) is 8.38. The third-order valence-electron chi connectivity index (χ3n) is 2.71. The molecule has 21 heavy (non-hydrogen) atoms. The maximum absolute atomic E-state index is 12.2. The fourth-order valence-electron chi connectivity index (χ4n) is 1.62. The molecule has 8 heteroatoms. The molecular formula is C13H19NO5S2. The molecule has 0 saturated heterocycles. The molecule has 0 saturated carbocycles. The predicted molar refractivity (Wildman–Crippen MR) is 82.4 cm³/mol. The van der Waals surface area contributed by atoms with E-state index < -0.39 is 16.0 Å². The van der Waals surface area contributed by atoms with Crippen LogP contribution in [0, 0.1) is 6.92 Å². The van der Waals surface area contributed by atoms with Crippen molar-refractivity contribution >= 4 is 27.8 Å². The van der Waals surface area contributed by atoms with Crippen molar-refractivity contribution in [1.29, 1.82) is 0 Å². The fraction of sp³-hybridized carbons (Fsp3) is 0.462. The molecule has 0 heterocycles. The van der Waals surface area contributed by atoms with Crippen molar-refractivity contribution < 1.29 is 23.4 Å². The third kappa shape index (κ3) is 5.66. The van der Waals surface area contributed by atoms with E-state index in [1.807, 2.05) is 0 Å². The highest BCUT2D eigenvalue weighted by Gasteiger charge is 2.18. The molecule has 0 unspecified atom stereocenters. The van der Waals surface area contributed by atoms with Gasteiger partial charge in [0.25, 0.3) is 0 Å². The molecule has 0 fully saturated rings. The molecule has 1 rings (SSSR count). The lowest BCUT2D eigenvalue weighted by Crippen LogP contribution is -2.27. The minimum Gasteiger partial charge on any atom is -0.478 e. The van der Waals surface area contributed by atoms with Gasteiger partial charge in [0.2, 0.25) is 10.0 Å². The summed E-state index contributed by atoms with van der Waals surface area (Å²) in [7, 11) is -3.72. The van der Waals surface area contributed by atoms with Gasteiger partial charge in [-0.3, -0.25) is 0 Å². The smallest absolute Gasteiger partial charge is 0.335 e. The topological polar surface area (TPSA) is 104 Å². The number of carbonyl (C=O) groups is 1. The largest absolute Gasteiger partial charge is 0.478 e. The summed E-state index contributed by atoms with van der Waals surface area (Å²) in [6, 6.07) is 4.02. The van der Waals surface area contributed by atoms with Crippen LogP contribution in [0.15, 0.2) is 23.1 Å². The standard InChI is InChI=1S/C13H19NO5S2/c1-10-3-4-11(13(16)17)9-12(10)21(18,19)14-5-8-20-7-2-6-15/h3-4,9,14-15H,2,5-8H2,1H3,(H,16,17). The Morgan fingerprint density at radius 2 is 2.05 bits per heavy atom. The summed E-state index contributed by atoms with van der Waals surface area (Å²) in [6.07, 6.45) is 0.678. The molecule has 0 aliphatic heterocycles. The number of aryl methyl sites for hydroxylation is 1. The summed E-state index contributed by atoms with van der Waals surface area (Å²) in [5.74, 6) is 0.203. The van der Waals surface area contributed by atoms with Gasteiger partial charge in [0.1, 0.15) is 0 Å². The number of rotatable bonds is 9. The number of carboxylic acids is 1. The molecule has 3 N–H and O–H groups in total. The maximum Gasteiger partial charge on any atom is 0.335 e. The molecule has 0 spiro atoms. The van der Waals surface area contributed by atoms with Crippen LogP contribution in [0.25, 0.3) is 0 Å². The lowest BCUT2D eigenvalue weighted by atomic mass is 10.1. The van der Waals surface area contributed by atoms with E-state index in [4.69, 9.17) is 10.2 Å². The predicted octanol–water partition coefficient (Wildman–Crippen LogP) is 1.09. The molecule has 0 amide bonds. The first-order chi connectivity index (χ1) is 9.88. The number of nitrogens with one attached hydrogen (secondary N) is 1. The van der Waals surface area contributed by atoms with Crippen LogP contribution in [0.5, 0.6) is 0 Å². The lowest BCUT2D eigenvalue weighted by Gasteiger charge is -2.10. The molecular weight excluding hydrogens is 314 g/mol. The summed E-state index contributed by atoms with van der Waals surface area (Å²) in [5, 5.41) is 17.6. The Morgan fingerprint density at radius 3 is 2.67 bits per heavy atom. The van der Waals surface area contributed by atoms with Gasteiger partial charge in [0.15, 0.2) is 0 Å². The quantitative estimate of drug-likeness (QED) is 0.584. The zero-order chi connectivity index (χ0) is 15.9. The molecule has 0 radical (unpaired) electrons. The van der Waals surface area contributed by atoms with Gasteiger partial charge in [-0.2, -0.15) is 11.8 Å².